The number of imidazole rings is 1. The number of ether oxygens (including phenoxy) is 1. The molecular formula is C9H17N3O2. The molecule has 0 aliphatic heterocycles. The van der Waals surface area contributed by atoms with Crippen molar-refractivity contribution in [3.8, 4) is 0 Å². The summed E-state index contributed by atoms with van der Waals surface area (Å²) in [6, 6.07) is 0. The molecule has 5 heteroatoms. The van der Waals surface area contributed by atoms with Crippen LogP contribution in [0.15, 0.2) is 6.20 Å². The number of nitrogens with zero attached hydrogens (tertiary/aromatic N) is 1. The Kier molecular flexibility index (Phi) is 5.21. The third-order valence-corrected chi connectivity index (χ3v) is 1.73. The fourth-order valence-corrected chi connectivity index (χ4v) is 1.10. The number of aromatic nitrogens is 2. The van der Waals surface area contributed by atoms with Crippen molar-refractivity contribution in [3.05, 3.63) is 17.7 Å². The van der Waals surface area contributed by atoms with E-state index in [1.807, 2.05) is 13.1 Å². The molecule has 0 bridgehead atoms. The highest BCUT2D eigenvalue weighted by molar-refractivity contribution is 4.98. The standard InChI is InChI=1S/C9H17N3O2/c1-8-11-7-9(12-8)6-10-2-4-14-5-3-13/h7,10,13H,2-6H2,1H3,(H,11,12). The molecule has 80 valence electrons. The minimum absolute atomic E-state index is 0.0831. The minimum Gasteiger partial charge on any atom is -0.394 e. The van der Waals surface area contributed by atoms with Gasteiger partial charge in [0, 0.05) is 25.0 Å². The van der Waals surface area contributed by atoms with Crippen LogP contribution in [0.4, 0.5) is 0 Å². The lowest BCUT2D eigenvalue weighted by molar-refractivity contribution is 0.0937. The summed E-state index contributed by atoms with van der Waals surface area (Å²) in [5.74, 6) is 0.929. The number of aryl methyl sites for hydroxylation is 1. The van der Waals surface area contributed by atoms with E-state index in [2.05, 4.69) is 15.3 Å². The number of aromatic amines is 1. The Morgan fingerprint density at radius 2 is 2.43 bits per heavy atom. The number of hydrogen-bond donors (Lipinski definition) is 3. The molecule has 0 atom stereocenters. The number of aliphatic hydroxyl groups is 1. The van der Waals surface area contributed by atoms with Gasteiger partial charge in [-0.25, -0.2) is 4.98 Å². The Hall–Kier alpha value is -0.910. The van der Waals surface area contributed by atoms with Crippen LogP contribution in [0.3, 0.4) is 0 Å². The SMILES string of the molecule is Cc1ncc(CNCCOCCO)[nH]1. The molecule has 0 aliphatic carbocycles. The first kappa shape index (κ1) is 11.2. The van der Waals surface area contributed by atoms with Crippen LogP contribution in [0.25, 0.3) is 0 Å². The molecule has 0 amide bonds. The normalized spacial score (nSPS) is 10.7. The van der Waals surface area contributed by atoms with Crippen molar-refractivity contribution in [2.45, 2.75) is 13.5 Å². The molecule has 0 aromatic carbocycles. The van der Waals surface area contributed by atoms with Crippen LogP contribution in [-0.4, -0.2) is 41.4 Å². The maximum absolute atomic E-state index is 8.44. The monoisotopic (exact) mass is 199 g/mol. The van der Waals surface area contributed by atoms with Crippen LogP contribution in [-0.2, 0) is 11.3 Å². The average molecular weight is 199 g/mol. The van der Waals surface area contributed by atoms with Gasteiger partial charge in [-0.1, -0.05) is 0 Å². The Morgan fingerprint density at radius 3 is 3.07 bits per heavy atom. The van der Waals surface area contributed by atoms with Gasteiger partial charge in [-0.15, -0.1) is 0 Å². The second-order valence-corrected chi connectivity index (χ2v) is 3.01. The minimum atomic E-state index is 0.0831. The topological polar surface area (TPSA) is 70.2 Å². The van der Waals surface area contributed by atoms with E-state index in [0.717, 1.165) is 24.6 Å². The van der Waals surface area contributed by atoms with E-state index >= 15 is 0 Å². The Labute approximate surface area is 83.5 Å². The smallest absolute Gasteiger partial charge is 0.103 e. The summed E-state index contributed by atoms with van der Waals surface area (Å²) in [6.07, 6.45) is 1.82. The van der Waals surface area contributed by atoms with Gasteiger partial charge in [-0.2, -0.15) is 0 Å². The molecule has 0 fully saturated rings. The molecule has 5 nitrogen and oxygen atoms in total. The van der Waals surface area contributed by atoms with Crippen molar-refractivity contribution in [1.29, 1.82) is 0 Å². The van der Waals surface area contributed by atoms with Gasteiger partial charge in [-0.05, 0) is 6.92 Å². The molecular weight excluding hydrogens is 182 g/mol. The van der Waals surface area contributed by atoms with Crippen LogP contribution in [0.2, 0.25) is 0 Å². The van der Waals surface area contributed by atoms with E-state index in [4.69, 9.17) is 9.84 Å². The van der Waals surface area contributed by atoms with Crippen molar-refractivity contribution >= 4 is 0 Å². The maximum Gasteiger partial charge on any atom is 0.103 e. The highest BCUT2D eigenvalue weighted by Crippen LogP contribution is 1.93. The summed E-state index contributed by atoms with van der Waals surface area (Å²) in [4.78, 5) is 7.21. The summed E-state index contributed by atoms with van der Waals surface area (Å²) in [5.41, 5.74) is 1.07. The fourth-order valence-electron chi connectivity index (χ4n) is 1.10. The van der Waals surface area contributed by atoms with Gasteiger partial charge in [0.2, 0.25) is 0 Å². The highest BCUT2D eigenvalue weighted by atomic mass is 16.5. The summed E-state index contributed by atoms with van der Waals surface area (Å²) in [6.45, 7) is 4.58. The van der Waals surface area contributed by atoms with Crippen molar-refractivity contribution in [2.24, 2.45) is 0 Å². The molecule has 0 radical (unpaired) electrons. The van der Waals surface area contributed by atoms with Gasteiger partial charge in [-0.3, -0.25) is 0 Å². The Bertz CT molecular complexity index is 250. The lowest BCUT2D eigenvalue weighted by atomic mass is 10.4. The highest BCUT2D eigenvalue weighted by Gasteiger charge is 1.95. The van der Waals surface area contributed by atoms with Crippen molar-refractivity contribution in [1.82, 2.24) is 15.3 Å². The summed E-state index contributed by atoms with van der Waals surface area (Å²) in [5, 5.41) is 11.6. The van der Waals surface area contributed by atoms with E-state index in [1.165, 1.54) is 0 Å². The molecule has 0 saturated heterocycles. The van der Waals surface area contributed by atoms with E-state index in [9.17, 15) is 0 Å². The summed E-state index contributed by atoms with van der Waals surface area (Å²) < 4.78 is 5.09. The Morgan fingerprint density at radius 1 is 1.57 bits per heavy atom. The van der Waals surface area contributed by atoms with Crippen LogP contribution >= 0.6 is 0 Å². The van der Waals surface area contributed by atoms with Crippen LogP contribution in [0.1, 0.15) is 11.5 Å². The Balaban J connectivity index is 1.99. The third kappa shape index (κ3) is 4.36. The molecule has 1 heterocycles. The van der Waals surface area contributed by atoms with Crippen molar-refractivity contribution in [3.63, 3.8) is 0 Å². The van der Waals surface area contributed by atoms with E-state index in [1.54, 1.807) is 0 Å². The molecule has 1 aromatic rings. The van der Waals surface area contributed by atoms with E-state index in [-0.39, 0.29) is 6.61 Å². The number of hydrogen-bond acceptors (Lipinski definition) is 4. The predicted octanol–water partition coefficient (Wildman–Crippen LogP) is -0.183. The second-order valence-electron chi connectivity index (χ2n) is 3.01. The molecule has 1 rings (SSSR count). The first-order valence-corrected chi connectivity index (χ1v) is 4.72. The predicted molar refractivity (Wildman–Crippen MR) is 52.9 cm³/mol. The number of aliphatic hydroxyl groups excluding tert-OH is 1. The van der Waals surface area contributed by atoms with E-state index in [0.29, 0.717) is 13.2 Å². The fraction of sp³-hybridized carbons (Fsp3) is 0.667. The van der Waals surface area contributed by atoms with Gasteiger partial charge < -0.3 is 20.1 Å². The molecule has 0 unspecified atom stereocenters. The van der Waals surface area contributed by atoms with E-state index < -0.39 is 0 Å². The van der Waals surface area contributed by atoms with Crippen molar-refractivity contribution < 1.29 is 9.84 Å². The number of nitrogens with one attached hydrogen (secondary N) is 2. The first-order chi connectivity index (χ1) is 6.83. The van der Waals surface area contributed by atoms with Crippen LogP contribution in [0.5, 0.6) is 0 Å². The summed E-state index contributed by atoms with van der Waals surface area (Å²) in [7, 11) is 0. The van der Waals surface area contributed by atoms with Gasteiger partial charge in [0.05, 0.1) is 19.8 Å². The zero-order chi connectivity index (χ0) is 10.2. The average Bonchev–Trinajstić information content (AvgIpc) is 2.58. The molecule has 0 spiro atoms. The van der Waals surface area contributed by atoms with Gasteiger partial charge in [0.15, 0.2) is 0 Å². The van der Waals surface area contributed by atoms with Crippen LogP contribution in [0, 0.1) is 6.92 Å². The first-order valence-electron chi connectivity index (χ1n) is 4.72. The molecule has 0 aliphatic rings. The second kappa shape index (κ2) is 6.53. The van der Waals surface area contributed by atoms with Gasteiger partial charge in [0.1, 0.15) is 5.82 Å². The molecule has 0 saturated carbocycles. The molecule has 3 N–H and O–H groups in total. The maximum atomic E-state index is 8.44. The summed E-state index contributed by atoms with van der Waals surface area (Å²) >= 11 is 0. The number of rotatable bonds is 7. The third-order valence-electron chi connectivity index (χ3n) is 1.73. The van der Waals surface area contributed by atoms with Gasteiger partial charge >= 0.3 is 0 Å². The zero-order valence-electron chi connectivity index (χ0n) is 8.42. The lowest BCUT2D eigenvalue weighted by Gasteiger charge is -2.03. The number of H-pyrrole nitrogens is 1. The van der Waals surface area contributed by atoms with Gasteiger partial charge in [0.25, 0.3) is 0 Å². The molecule has 1 aromatic heterocycles. The van der Waals surface area contributed by atoms with Crippen molar-refractivity contribution in [2.75, 3.05) is 26.4 Å². The largest absolute Gasteiger partial charge is 0.394 e. The zero-order valence-corrected chi connectivity index (χ0v) is 8.42. The molecule has 14 heavy (non-hydrogen) atoms. The lowest BCUT2D eigenvalue weighted by Crippen LogP contribution is -2.20. The quantitative estimate of drug-likeness (QED) is 0.533. The van der Waals surface area contributed by atoms with Crippen LogP contribution < -0.4 is 5.32 Å².